The molecule has 0 aliphatic carbocycles. The summed E-state index contributed by atoms with van der Waals surface area (Å²) in [5.41, 5.74) is -1.85. The highest BCUT2D eigenvalue weighted by Gasteiger charge is 2.38. The Kier molecular flexibility index (Phi) is 10.1. The Labute approximate surface area is 252 Å². The summed E-state index contributed by atoms with van der Waals surface area (Å²) in [4.78, 5) is 45.8. The van der Waals surface area contributed by atoms with Crippen LogP contribution in [-0.4, -0.2) is 44.7 Å². The molecule has 1 unspecified atom stereocenters. The second-order valence-corrected chi connectivity index (χ2v) is 10.9. The molecular weight excluding hydrogens is 620 g/mol. The van der Waals surface area contributed by atoms with Crippen molar-refractivity contribution >= 4 is 29.3 Å². The van der Waals surface area contributed by atoms with Gasteiger partial charge in [-0.25, -0.2) is 9.99 Å². The molecule has 1 atom stereocenters. The summed E-state index contributed by atoms with van der Waals surface area (Å²) in [7, 11) is 1.47. The number of hydrogen-bond donors (Lipinski definition) is 2. The lowest BCUT2D eigenvalue weighted by Crippen LogP contribution is -2.51. The number of hydrogen-bond acceptors (Lipinski definition) is 6. The second kappa shape index (κ2) is 13.1. The Morgan fingerprint density at radius 1 is 0.909 bits per heavy atom. The van der Waals surface area contributed by atoms with E-state index < -0.39 is 57.7 Å². The highest BCUT2D eigenvalue weighted by Crippen LogP contribution is 2.36. The average Bonchev–Trinajstić information content (AvgIpc) is 2.95. The van der Waals surface area contributed by atoms with E-state index in [2.05, 4.69) is 20.7 Å². The first-order chi connectivity index (χ1) is 20.3. The first-order valence-electron chi connectivity index (χ1n) is 12.7. The first kappa shape index (κ1) is 34.1. The average molecular weight is 646 g/mol. The molecule has 1 aromatic heterocycles. The summed E-state index contributed by atoms with van der Waals surface area (Å²) in [6.07, 6.45) is -8.03. The number of nitrogens with zero attached hydrogens (tertiary/aromatic N) is 3. The van der Waals surface area contributed by atoms with Crippen molar-refractivity contribution in [2.75, 3.05) is 7.11 Å². The van der Waals surface area contributed by atoms with Crippen molar-refractivity contribution in [1.29, 1.82) is 0 Å². The van der Waals surface area contributed by atoms with Crippen LogP contribution in [0.15, 0.2) is 54.9 Å². The molecule has 0 fully saturated rings. The Morgan fingerprint density at radius 2 is 1.45 bits per heavy atom. The van der Waals surface area contributed by atoms with Gasteiger partial charge in [0.2, 0.25) is 0 Å². The van der Waals surface area contributed by atoms with Gasteiger partial charge in [-0.05, 0) is 56.7 Å². The molecule has 3 aromatic rings. The van der Waals surface area contributed by atoms with Crippen molar-refractivity contribution in [3.05, 3.63) is 88.5 Å². The molecule has 2 aromatic carbocycles. The molecule has 236 valence electrons. The number of amides is 3. The summed E-state index contributed by atoms with van der Waals surface area (Å²) in [6.45, 7) is 3.98. The minimum Gasteiger partial charge on any atom is -0.497 e. The SMILES string of the molecule is COc1ccc(CN(NC(=O)c2nccnc2C(C)NC(=O)c2cc(C(F)(F)F)cc(C(F)(F)F)c2)C(=O)C(C)(C)Cl)cc1. The van der Waals surface area contributed by atoms with Crippen molar-refractivity contribution in [3.63, 3.8) is 0 Å². The normalized spacial score (nSPS) is 12.7. The third-order valence-corrected chi connectivity index (χ3v) is 6.20. The van der Waals surface area contributed by atoms with E-state index in [0.29, 0.717) is 11.3 Å². The van der Waals surface area contributed by atoms with Crippen LogP contribution in [0.3, 0.4) is 0 Å². The molecule has 0 spiro atoms. The van der Waals surface area contributed by atoms with Crippen molar-refractivity contribution in [1.82, 2.24) is 25.7 Å². The molecule has 16 heteroatoms. The van der Waals surface area contributed by atoms with E-state index in [4.69, 9.17) is 16.3 Å². The van der Waals surface area contributed by atoms with Crippen LogP contribution in [0.2, 0.25) is 0 Å². The molecule has 0 aliphatic heterocycles. The molecule has 3 amide bonds. The predicted octanol–water partition coefficient (Wildman–Crippen LogP) is 5.70. The topological polar surface area (TPSA) is 114 Å². The van der Waals surface area contributed by atoms with Gasteiger partial charge in [0, 0.05) is 18.0 Å². The van der Waals surface area contributed by atoms with Crippen LogP contribution >= 0.6 is 11.6 Å². The third-order valence-electron chi connectivity index (χ3n) is 6.04. The molecule has 3 rings (SSSR count). The van der Waals surface area contributed by atoms with Gasteiger partial charge in [-0.1, -0.05) is 12.1 Å². The molecule has 0 radical (unpaired) electrons. The smallest absolute Gasteiger partial charge is 0.416 e. The van der Waals surface area contributed by atoms with Gasteiger partial charge >= 0.3 is 12.4 Å². The lowest BCUT2D eigenvalue weighted by atomic mass is 10.0. The largest absolute Gasteiger partial charge is 0.497 e. The van der Waals surface area contributed by atoms with Crippen LogP contribution in [0.5, 0.6) is 5.75 Å². The lowest BCUT2D eigenvalue weighted by Gasteiger charge is -2.28. The molecule has 2 N–H and O–H groups in total. The van der Waals surface area contributed by atoms with E-state index in [9.17, 15) is 40.7 Å². The van der Waals surface area contributed by atoms with Gasteiger partial charge in [0.05, 0.1) is 36.5 Å². The molecule has 0 bridgehead atoms. The number of carbonyl (C=O) groups excluding carboxylic acids is 3. The maximum atomic E-state index is 13.3. The van der Waals surface area contributed by atoms with Crippen molar-refractivity contribution in [2.24, 2.45) is 0 Å². The van der Waals surface area contributed by atoms with Crippen LogP contribution in [0.1, 0.15) is 70.0 Å². The minimum atomic E-state index is -5.16. The quantitative estimate of drug-likeness (QED) is 0.185. The highest BCUT2D eigenvalue weighted by molar-refractivity contribution is 6.34. The maximum Gasteiger partial charge on any atom is 0.416 e. The monoisotopic (exact) mass is 645 g/mol. The Morgan fingerprint density at radius 3 is 1.95 bits per heavy atom. The fraction of sp³-hybridized carbons (Fsp3) is 0.321. The molecule has 0 saturated carbocycles. The van der Waals surface area contributed by atoms with Gasteiger partial charge in [-0.3, -0.25) is 24.8 Å². The number of alkyl halides is 7. The number of aromatic nitrogens is 2. The summed E-state index contributed by atoms with van der Waals surface area (Å²) in [6, 6.07) is 5.78. The molecular formula is C28H26ClF6N5O4. The number of benzene rings is 2. The molecule has 1 heterocycles. The summed E-state index contributed by atoms with van der Waals surface area (Å²) in [5, 5.41) is 3.19. The maximum absolute atomic E-state index is 13.3. The van der Waals surface area contributed by atoms with Gasteiger partial charge < -0.3 is 10.1 Å². The minimum absolute atomic E-state index is 0.105. The fourth-order valence-corrected chi connectivity index (χ4v) is 3.95. The van der Waals surface area contributed by atoms with Gasteiger partial charge in [0.15, 0.2) is 5.69 Å². The van der Waals surface area contributed by atoms with Crippen LogP contribution in [0.25, 0.3) is 0 Å². The summed E-state index contributed by atoms with van der Waals surface area (Å²) < 4.78 is 84.7. The van der Waals surface area contributed by atoms with Gasteiger partial charge in [0.1, 0.15) is 10.6 Å². The fourth-order valence-electron chi connectivity index (χ4n) is 3.85. The highest BCUT2D eigenvalue weighted by atomic mass is 35.5. The standard InChI is InChI=1S/C28H26ClF6N5O4/c1-15(38-23(41)17-11-18(27(30,31)32)13-19(12-17)28(33,34)35)21-22(37-10-9-36-21)24(42)39-40(25(43)26(2,3)29)14-16-5-7-20(44-4)8-6-16/h5-13,15H,14H2,1-4H3,(H,38,41)(H,39,42). The van der Waals surface area contributed by atoms with Gasteiger partial charge in [0.25, 0.3) is 17.7 Å². The summed E-state index contributed by atoms with van der Waals surface area (Å²) in [5.74, 6) is -2.41. The Balaban J connectivity index is 1.89. The van der Waals surface area contributed by atoms with E-state index in [-0.39, 0.29) is 36.1 Å². The molecule has 44 heavy (non-hydrogen) atoms. The van der Waals surface area contributed by atoms with Crippen LogP contribution < -0.4 is 15.5 Å². The van der Waals surface area contributed by atoms with Crippen molar-refractivity contribution < 1.29 is 45.5 Å². The van der Waals surface area contributed by atoms with Gasteiger partial charge in [-0.15, -0.1) is 11.6 Å². The van der Waals surface area contributed by atoms with E-state index in [1.54, 1.807) is 24.3 Å². The van der Waals surface area contributed by atoms with Crippen LogP contribution in [-0.2, 0) is 23.7 Å². The van der Waals surface area contributed by atoms with Crippen molar-refractivity contribution in [2.45, 2.75) is 50.6 Å². The van der Waals surface area contributed by atoms with Crippen molar-refractivity contribution in [3.8, 4) is 5.75 Å². The third kappa shape index (κ3) is 8.58. The number of methoxy groups -OCH3 is 1. The number of rotatable bonds is 8. The zero-order valence-electron chi connectivity index (χ0n) is 23.6. The van der Waals surface area contributed by atoms with E-state index in [1.807, 2.05) is 0 Å². The number of ether oxygens (including phenoxy) is 1. The zero-order valence-corrected chi connectivity index (χ0v) is 24.4. The molecule has 0 aliphatic rings. The van der Waals surface area contributed by atoms with E-state index >= 15 is 0 Å². The van der Waals surface area contributed by atoms with E-state index in [0.717, 1.165) is 17.4 Å². The number of hydrazine groups is 1. The number of carbonyl (C=O) groups is 3. The Bertz CT molecular complexity index is 1490. The Hall–Kier alpha value is -4.40. The zero-order chi connectivity index (χ0) is 33.0. The van der Waals surface area contributed by atoms with Gasteiger partial charge in [-0.2, -0.15) is 26.3 Å². The molecule has 9 nitrogen and oxygen atoms in total. The first-order valence-corrected chi connectivity index (χ1v) is 13.0. The predicted molar refractivity (Wildman–Crippen MR) is 145 cm³/mol. The van der Waals surface area contributed by atoms with E-state index in [1.165, 1.54) is 27.9 Å². The number of halogens is 7. The molecule has 0 saturated heterocycles. The lowest BCUT2D eigenvalue weighted by molar-refractivity contribution is -0.143. The second-order valence-electron chi connectivity index (χ2n) is 9.93. The van der Waals surface area contributed by atoms with Crippen LogP contribution in [0.4, 0.5) is 26.3 Å². The summed E-state index contributed by atoms with van der Waals surface area (Å²) >= 11 is 6.22. The van der Waals surface area contributed by atoms with Crippen LogP contribution in [0, 0.1) is 0 Å². The number of nitrogens with one attached hydrogen (secondary N) is 2.